The number of carbonyl (C=O) groups excluding carboxylic acids is 1. The number of anilines is 1. The molecule has 2 aliphatic rings. The monoisotopic (exact) mass is 445 g/mol. The fraction of sp³-hybridized carbons (Fsp3) is 0.522. The predicted molar refractivity (Wildman–Crippen MR) is 115 cm³/mol. The van der Waals surface area contributed by atoms with Crippen LogP contribution in [0, 0.1) is 17.2 Å². The zero-order valence-electron chi connectivity index (χ0n) is 17.9. The number of benzene rings is 1. The lowest BCUT2D eigenvalue weighted by Gasteiger charge is -2.41. The van der Waals surface area contributed by atoms with Crippen LogP contribution in [0.5, 0.6) is 0 Å². The van der Waals surface area contributed by atoms with Gasteiger partial charge >= 0.3 is 6.18 Å². The van der Waals surface area contributed by atoms with E-state index in [0.29, 0.717) is 22.2 Å². The number of likely N-dealkylation sites (tertiary alicyclic amines) is 1. The quantitative estimate of drug-likeness (QED) is 0.781. The number of aromatic nitrogens is 1. The Kier molecular flexibility index (Phi) is 6.24. The Labute approximate surface area is 185 Å². The molecule has 1 aromatic carbocycles. The molecule has 0 radical (unpaired) electrons. The van der Waals surface area contributed by atoms with Crippen LogP contribution in [-0.2, 0) is 4.79 Å². The normalized spacial score (nSPS) is 24.5. The average molecular weight is 445 g/mol. The van der Waals surface area contributed by atoms with Gasteiger partial charge in [0.1, 0.15) is 6.07 Å². The van der Waals surface area contributed by atoms with Crippen molar-refractivity contribution >= 4 is 22.5 Å². The topological polar surface area (TPSA) is 72.3 Å². The molecule has 1 N–H and O–H groups in total. The number of nitrogens with one attached hydrogen (secondary N) is 1. The largest absolute Gasteiger partial charge is 0.393 e. The molecule has 0 saturated carbocycles. The third-order valence-corrected chi connectivity index (χ3v) is 6.54. The highest BCUT2D eigenvalue weighted by Crippen LogP contribution is 2.37. The molecule has 0 spiro atoms. The van der Waals surface area contributed by atoms with Gasteiger partial charge in [0.25, 0.3) is 0 Å². The fourth-order valence-corrected chi connectivity index (χ4v) is 4.96. The Hall–Kier alpha value is -2.86. The Bertz CT molecular complexity index is 1030. The molecule has 9 heteroatoms. The van der Waals surface area contributed by atoms with Crippen LogP contribution < -0.4 is 10.2 Å². The van der Waals surface area contributed by atoms with Crippen LogP contribution in [0.1, 0.15) is 31.7 Å². The van der Waals surface area contributed by atoms with Crippen LogP contribution in [0.4, 0.5) is 18.9 Å². The Morgan fingerprint density at radius 2 is 2.12 bits per heavy atom. The maximum atomic E-state index is 13.8. The van der Waals surface area contributed by atoms with Gasteiger partial charge in [-0.15, -0.1) is 0 Å². The standard InChI is InChI=1S/C23H26F3N5O/c1-2-30-10-4-6-20(30)22(32)29-17-11-16(23(24,25)26)13-31(14-17)19-8-7-15(12-27)21-18(19)5-3-9-28-21/h3,5,7-9,16-17,20H,2,4,6,10-11,13-14H2,1H3,(H,29,32)/t16-,17+,20+/m1/s1. The number of pyridine rings is 1. The summed E-state index contributed by atoms with van der Waals surface area (Å²) in [6.45, 7) is 3.63. The maximum absolute atomic E-state index is 13.8. The number of alkyl halides is 3. The van der Waals surface area contributed by atoms with Crippen molar-refractivity contribution in [1.82, 2.24) is 15.2 Å². The molecule has 0 bridgehead atoms. The SMILES string of the molecule is CCN1CCC[C@H]1C(=O)N[C@H]1C[C@@H](C(F)(F)F)CN(c2ccc(C#N)c3ncccc23)C1. The smallest absolute Gasteiger partial charge is 0.368 e. The molecule has 2 saturated heterocycles. The summed E-state index contributed by atoms with van der Waals surface area (Å²) in [4.78, 5) is 20.9. The van der Waals surface area contributed by atoms with Crippen molar-refractivity contribution in [3.05, 3.63) is 36.0 Å². The van der Waals surface area contributed by atoms with Crippen molar-refractivity contribution in [1.29, 1.82) is 5.26 Å². The van der Waals surface area contributed by atoms with Gasteiger partial charge in [-0.2, -0.15) is 18.4 Å². The van der Waals surface area contributed by atoms with Crippen LogP contribution in [0.25, 0.3) is 10.9 Å². The van der Waals surface area contributed by atoms with Crippen molar-refractivity contribution in [2.45, 2.75) is 44.4 Å². The first kappa shape index (κ1) is 22.3. The molecular weight excluding hydrogens is 419 g/mol. The number of carbonyl (C=O) groups is 1. The van der Waals surface area contributed by atoms with Gasteiger partial charge in [-0.05, 0) is 56.6 Å². The van der Waals surface area contributed by atoms with E-state index in [1.54, 1.807) is 35.4 Å². The predicted octanol–water partition coefficient (Wildman–Crippen LogP) is 3.46. The Morgan fingerprint density at radius 3 is 2.84 bits per heavy atom. The lowest BCUT2D eigenvalue weighted by atomic mass is 9.92. The molecule has 2 fully saturated rings. The molecular formula is C23H26F3N5O. The first-order chi connectivity index (χ1) is 15.3. The zero-order valence-corrected chi connectivity index (χ0v) is 17.9. The third kappa shape index (κ3) is 4.37. The summed E-state index contributed by atoms with van der Waals surface area (Å²) < 4.78 is 41.4. The highest BCUT2D eigenvalue weighted by atomic mass is 19.4. The number of fused-ring (bicyclic) bond motifs is 1. The van der Waals surface area contributed by atoms with E-state index in [-0.39, 0.29) is 31.5 Å². The van der Waals surface area contributed by atoms with Gasteiger partial charge in [-0.25, -0.2) is 0 Å². The lowest BCUT2D eigenvalue weighted by molar-refractivity contribution is -0.178. The molecule has 170 valence electrons. The van der Waals surface area contributed by atoms with E-state index >= 15 is 0 Å². The molecule has 3 atom stereocenters. The number of hydrogen-bond donors (Lipinski definition) is 1. The van der Waals surface area contributed by atoms with E-state index < -0.39 is 18.1 Å². The summed E-state index contributed by atoms with van der Waals surface area (Å²) in [6.07, 6.45) is -1.31. The first-order valence-corrected chi connectivity index (χ1v) is 11.0. The van der Waals surface area contributed by atoms with E-state index in [2.05, 4.69) is 21.3 Å². The summed E-state index contributed by atoms with van der Waals surface area (Å²) in [5, 5.41) is 12.9. The second-order valence-electron chi connectivity index (χ2n) is 8.51. The van der Waals surface area contributed by atoms with Crippen molar-refractivity contribution in [3.63, 3.8) is 0 Å². The third-order valence-electron chi connectivity index (χ3n) is 6.54. The van der Waals surface area contributed by atoms with Crippen LogP contribution in [0.15, 0.2) is 30.5 Å². The molecule has 32 heavy (non-hydrogen) atoms. The Morgan fingerprint density at radius 1 is 1.31 bits per heavy atom. The van der Waals surface area contributed by atoms with Crippen molar-refractivity contribution in [3.8, 4) is 6.07 Å². The number of halogens is 3. The molecule has 4 rings (SSSR count). The van der Waals surface area contributed by atoms with Gasteiger partial charge in [0.05, 0.1) is 23.0 Å². The highest BCUT2D eigenvalue weighted by molar-refractivity contribution is 5.95. The molecule has 0 aliphatic carbocycles. The molecule has 1 amide bonds. The van der Waals surface area contributed by atoms with Crippen molar-refractivity contribution in [2.24, 2.45) is 5.92 Å². The molecule has 1 aromatic heterocycles. The second kappa shape index (κ2) is 8.94. The Balaban J connectivity index is 1.62. The second-order valence-corrected chi connectivity index (χ2v) is 8.51. The zero-order chi connectivity index (χ0) is 22.9. The van der Waals surface area contributed by atoms with Gasteiger partial charge in [0, 0.05) is 36.4 Å². The van der Waals surface area contributed by atoms with E-state index in [4.69, 9.17) is 0 Å². The first-order valence-electron chi connectivity index (χ1n) is 11.0. The van der Waals surface area contributed by atoms with Crippen LogP contribution in [0.3, 0.4) is 0 Å². The number of amides is 1. The summed E-state index contributed by atoms with van der Waals surface area (Å²) in [5.41, 5.74) is 1.43. The van der Waals surface area contributed by atoms with Crippen LogP contribution in [-0.4, -0.2) is 60.2 Å². The lowest BCUT2D eigenvalue weighted by Crippen LogP contribution is -2.56. The molecule has 3 heterocycles. The molecule has 2 aromatic rings. The number of rotatable bonds is 4. The molecule has 0 unspecified atom stereocenters. The molecule has 2 aliphatic heterocycles. The minimum Gasteiger partial charge on any atom is -0.368 e. The van der Waals surface area contributed by atoms with Gasteiger partial charge < -0.3 is 10.2 Å². The van der Waals surface area contributed by atoms with E-state index in [9.17, 15) is 23.2 Å². The number of likely N-dealkylation sites (N-methyl/N-ethyl adjacent to an activating group) is 1. The van der Waals surface area contributed by atoms with E-state index in [1.807, 2.05) is 6.92 Å². The number of piperidine rings is 1. The summed E-state index contributed by atoms with van der Waals surface area (Å²) in [6, 6.07) is 7.92. The number of nitrogens with zero attached hydrogens (tertiary/aromatic N) is 4. The minimum atomic E-state index is -4.37. The highest BCUT2D eigenvalue weighted by Gasteiger charge is 2.45. The van der Waals surface area contributed by atoms with Gasteiger partial charge in [0.15, 0.2) is 0 Å². The maximum Gasteiger partial charge on any atom is 0.393 e. The van der Waals surface area contributed by atoms with Gasteiger partial charge in [0.2, 0.25) is 5.91 Å². The summed E-state index contributed by atoms with van der Waals surface area (Å²) >= 11 is 0. The van der Waals surface area contributed by atoms with E-state index in [0.717, 1.165) is 25.9 Å². The van der Waals surface area contributed by atoms with E-state index in [1.165, 1.54) is 0 Å². The summed E-state index contributed by atoms with van der Waals surface area (Å²) in [7, 11) is 0. The fourth-order valence-electron chi connectivity index (χ4n) is 4.96. The average Bonchev–Trinajstić information content (AvgIpc) is 3.26. The van der Waals surface area contributed by atoms with Gasteiger partial charge in [-0.1, -0.05) is 6.92 Å². The van der Waals surface area contributed by atoms with Gasteiger partial charge in [-0.3, -0.25) is 14.7 Å². The molecule has 6 nitrogen and oxygen atoms in total. The van der Waals surface area contributed by atoms with Crippen molar-refractivity contribution < 1.29 is 18.0 Å². The van der Waals surface area contributed by atoms with Crippen LogP contribution >= 0.6 is 0 Å². The number of hydrogen-bond acceptors (Lipinski definition) is 5. The van der Waals surface area contributed by atoms with Crippen molar-refractivity contribution in [2.75, 3.05) is 31.1 Å². The van der Waals surface area contributed by atoms with Crippen LogP contribution in [0.2, 0.25) is 0 Å². The summed E-state index contributed by atoms with van der Waals surface area (Å²) in [5.74, 6) is -1.75. The minimum absolute atomic E-state index is 0.142. The number of nitriles is 1.